The monoisotopic (exact) mass is 242 g/mol. The van der Waals surface area contributed by atoms with Crippen LogP contribution in [0.3, 0.4) is 0 Å². The predicted octanol–water partition coefficient (Wildman–Crippen LogP) is 2.76. The summed E-state index contributed by atoms with van der Waals surface area (Å²) >= 11 is 0. The summed E-state index contributed by atoms with van der Waals surface area (Å²) in [5.74, 6) is 2.17. The van der Waals surface area contributed by atoms with Crippen LogP contribution in [0.2, 0.25) is 0 Å². The van der Waals surface area contributed by atoms with Gasteiger partial charge in [-0.2, -0.15) is 0 Å². The van der Waals surface area contributed by atoms with Crippen molar-refractivity contribution in [2.45, 2.75) is 32.7 Å². The average Bonchev–Trinajstić information content (AvgIpc) is 2.72. The number of fused-ring (bicyclic) bond motifs is 1. The molecule has 0 saturated heterocycles. The Kier molecular flexibility index (Phi) is 2.82. The van der Waals surface area contributed by atoms with E-state index < -0.39 is 0 Å². The molecule has 1 unspecified atom stereocenters. The molecule has 2 heterocycles. The van der Waals surface area contributed by atoms with Crippen molar-refractivity contribution in [2.24, 2.45) is 5.92 Å². The quantitative estimate of drug-likeness (QED) is 0.879. The van der Waals surface area contributed by atoms with E-state index in [1.54, 1.807) is 6.07 Å². The van der Waals surface area contributed by atoms with Gasteiger partial charge in [0.05, 0.1) is 0 Å². The van der Waals surface area contributed by atoms with Gasteiger partial charge in [-0.1, -0.05) is 19.1 Å². The molecule has 0 bridgehead atoms. The van der Waals surface area contributed by atoms with E-state index in [-0.39, 0.29) is 0 Å². The summed E-state index contributed by atoms with van der Waals surface area (Å²) in [7, 11) is 0. The van der Waals surface area contributed by atoms with Gasteiger partial charge >= 0.3 is 0 Å². The Morgan fingerprint density at radius 3 is 3.17 bits per heavy atom. The van der Waals surface area contributed by atoms with Gasteiger partial charge in [0, 0.05) is 24.9 Å². The third-order valence-corrected chi connectivity index (χ3v) is 3.68. The van der Waals surface area contributed by atoms with E-state index in [0.717, 1.165) is 36.7 Å². The van der Waals surface area contributed by atoms with Crippen molar-refractivity contribution >= 4 is 0 Å². The first kappa shape index (κ1) is 11.3. The van der Waals surface area contributed by atoms with Gasteiger partial charge in [-0.25, -0.2) is 4.98 Å². The van der Waals surface area contributed by atoms with Crippen LogP contribution >= 0.6 is 0 Å². The molecule has 0 fully saturated rings. The van der Waals surface area contributed by atoms with Gasteiger partial charge in [-0.15, -0.1) is 0 Å². The zero-order valence-corrected chi connectivity index (χ0v) is 10.6. The minimum absolute atomic E-state index is 0.325. The lowest BCUT2D eigenvalue weighted by atomic mass is 10.00. The molecule has 94 valence electrons. The van der Waals surface area contributed by atoms with Crippen LogP contribution in [0.1, 0.15) is 30.4 Å². The van der Waals surface area contributed by atoms with Crippen LogP contribution in [-0.2, 0) is 19.4 Å². The van der Waals surface area contributed by atoms with Gasteiger partial charge in [-0.3, -0.25) is 0 Å². The topological polar surface area (TPSA) is 38.1 Å². The van der Waals surface area contributed by atoms with Crippen LogP contribution in [0, 0.1) is 5.92 Å². The summed E-state index contributed by atoms with van der Waals surface area (Å²) in [5, 5.41) is 9.49. The first-order valence-corrected chi connectivity index (χ1v) is 6.53. The van der Waals surface area contributed by atoms with Crippen LogP contribution < -0.4 is 0 Å². The number of aromatic hydroxyl groups is 1. The molecule has 1 aromatic carbocycles. The average molecular weight is 242 g/mol. The second kappa shape index (κ2) is 4.48. The van der Waals surface area contributed by atoms with Crippen molar-refractivity contribution < 1.29 is 5.11 Å². The van der Waals surface area contributed by atoms with Gasteiger partial charge in [0.25, 0.3) is 0 Å². The molecule has 1 aliphatic heterocycles. The molecule has 3 nitrogen and oxygen atoms in total. The van der Waals surface area contributed by atoms with Crippen molar-refractivity contribution in [1.82, 2.24) is 9.55 Å². The maximum absolute atomic E-state index is 9.49. The molecule has 0 amide bonds. The van der Waals surface area contributed by atoms with Crippen LogP contribution in [0.4, 0.5) is 0 Å². The molecule has 1 aromatic heterocycles. The fourth-order valence-electron chi connectivity index (χ4n) is 2.66. The highest BCUT2D eigenvalue weighted by atomic mass is 16.3. The first-order chi connectivity index (χ1) is 8.72. The van der Waals surface area contributed by atoms with Crippen molar-refractivity contribution in [2.75, 3.05) is 0 Å². The summed E-state index contributed by atoms with van der Waals surface area (Å²) in [6.07, 6.45) is 5.19. The summed E-state index contributed by atoms with van der Waals surface area (Å²) in [6, 6.07) is 7.43. The second-order valence-electron chi connectivity index (χ2n) is 5.27. The molecule has 0 spiro atoms. The summed E-state index contributed by atoms with van der Waals surface area (Å²) in [4.78, 5) is 4.54. The second-order valence-corrected chi connectivity index (χ2v) is 5.27. The normalized spacial score (nSPS) is 18.6. The smallest absolute Gasteiger partial charge is 0.115 e. The van der Waals surface area contributed by atoms with Gasteiger partial charge in [-0.05, 0) is 36.5 Å². The highest BCUT2D eigenvalue weighted by Gasteiger charge is 2.18. The minimum Gasteiger partial charge on any atom is -0.508 e. The highest BCUT2D eigenvalue weighted by molar-refractivity contribution is 5.29. The van der Waals surface area contributed by atoms with E-state index in [0.29, 0.717) is 5.75 Å². The number of hydrogen-bond donors (Lipinski definition) is 1. The SMILES string of the molecule is CC1CCc2cnc(Cc3cccc(O)c3)n2C1. The zero-order valence-electron chi connectivity index (χ0n) is 10.6. The van der Waals surface area contributed by atoms with E-state index in [1.165, 1.54) is 12.1 Å². The molecular formula is C15H18N2O. The van der Waals surface area contributed by atoms with Crippen LogP contribution in [0.15, 0.2) is 30.5 Å². The number of aryl methyl sites for hydroxylation is 1. The Morgan fingerprint density at radius 1 is 1.44 bits per heavy atom. The van der Waals surface area contributed by atoms with Gasteiger partial charge in [0.15, 0.2) is 0 Å². The van der Waals surface area contributed by atoms with Crippen molar-refractivity contribution in [3.05, 3.63) is 47.5 Å². The molecular weight excluding hydrogens is 224 g/mol. The number of phenols is 1. The molecule has 0 aliphatic carbocycles. The molecule has 18 heavy (non-hydrogen) atoms. The lowest BCUT2D eigenvalue weighted by Crippen LogP contribution is -2.19. The van der Waals surface area contributed by atoms with Gasteiger partial charge < -0.3 is 9.67 Å². The fraction of sp³-hybridized carbons (Fsp3) is 0.400. The minimum atomic E-state index is 0.325. The summed E-state index contributed by atoms with van der Waals surface area (Å²) in [6.45, 7) is 3.37. The molecule has 1 N–H and O–H groups in total. The third-order valence-electron chi connectivity index (χ3n) is 3.68. The standard InChI is InChI=1S/C15H18N2O/c1-11-5-6-13-9-16-15(17(13)10-11)8-12-3-2-4-14(18)7-12/h2-4,7,9,11,18H,5-6,8,10H2,1H3. The molecule has 1 atom stereocenters. The summed E-state index contributed by atoms with van der Waals surface area (Å²) in [5.41, 5.74) is 2.46. The van der Waals surface area contributed by atoms with Gasteiger partial charge in [0.1, 0.15) is 11.6 Å². The lowest BCUT2D eigenvalue weighted by molar-refractivity contribution is 0.392. The van der Waals surface area contributed by atoms with Crippen molar-refractivity contribution in [1.29, 1.82) is 0 Å². The lowest BCUT2D eigenvalue weighted by Gasteiger charge is -2.22. The van der Waals surface area contributed by atoms with E-state index in [4.69, 9.17) is 0 Å². The third kappa shape index (κ3) is 2.13. The molecule has 1 aliphatic rings. The van der Waals surface area contributed by atoms with Crippen molar-refractivity contribution in [3.8, 4) is 5.75 Å². The number of aromatic nitrogens is 2. The maximum Gasteiger partial charge on any atom is 0.115 e. The summed E-state index contributed by atoms with van der Waals surface area (Å²) < 4.78 is 2.35. The number of imidazole rings is 1. The predicted molar refractivity (Wildman–Crippen MR) is 70.6 cm³/mol. The maximum atomic E-state index is 9.49. The fourth-order valence-corrected chi connectivity index (χ4v) is 2.66. The zero-order chi connectivity index (χ0) is 12.5. The molecule has 0 saturated carbocycles. The van der Waals surface area contributed by atoms with Crippen LogP contribution in [-0.4, -0.2) is 14.7 Å². The first-order valence-electron chi connectivity index (χ1n) is 6.53. The molecule has 3 heteroatoms. The largest absolute Gasteiger partial charge is 0.508 e. The number of phenolic OH excluding ortho intramolecular Hbond substituents is 1. The molecule has 2 aromatic rings. The Morgan fingerprint density at radius 2 is 2.33 bits per heavy atom. The Balaban J connectivity index is 1.87. The highest BCUT2D eigenvalue weighted by Crippen LogP contribution is 2.23. The number of rotatable bonds is 2. The Hall–Kier alpha value is -1.77. The number of benzene rings is 1. The van der Waals surface area contributed by atoms with E-state index in [9.17, 15) is 5.11 Å². The van der Waals surface area contributed by atoms with Crippen molar-refractivity contribution in [3.63, 3.8) is 0 Å². The van der Waals surface area contributed by atoms with Crippen LogP contribution in [0.25, 0.3) is 0 Å². The van der Waals surface area contributed by atoms with E-state index >= 15 is 0 Å². The van der Waals surface area contributed by atoms with Gasteiger partial charge in [0.2, 0.25) is 0 Å². The number of nitrogens with zero attached hydrogens (tertiary/aromatic N) is 2. The molecule has 0 radical (unpaired) electrons. The van der Waals surface area contributed by atoms with Crippen LogP contribution in [0.5, 0.6) is 5.75 Å². The Labute approximate surface area is 107 Å². The van der Waals surface area contributed by atoms with E-state index in [1.807, 2.05) is 24.4 Å². The number of hydrogen-bond acceptors (Lipinski definition) is 2. The Bertz CT molecular complexity index is 559. The van der Waals surface area contributed by atoms with E-state index in [2.05, 4.69) is 16.5 Å². The molecule has 3 rings (SSSR count).